The van der Waals surface area contributed by atoms with Crippen LogP contribution in [0.2, 0.25) is 0 Å². The van der Waals surface area contributed by atoms with E-state index < -0.39 is 18.2 Å². The first kappa shape index (κ1) is 14.5. The molecule has 1 aromatic carbocycles. The van der Waals surface area contributed by atoms with Gasteiger partial charge in [0.25, 0.3) is 0 Å². The second kappa shape index (κ2) is 6.98. The first-order valence-electron chi connectivity index (χ1n) is 5.72. The van der Waals surface area contributed by atoms with Crippen LogP contribution < -0.4 is 4.74 Å². The van der Waals surface area contributed by atoms with E-state index in [2.05, 4.69) is 4.74 Å². The van der Waals surface area contributed by atoms with Crippen LogP contribution in [0.1, 0.15) is 12.5 Å². The van der Waals surface area contributed by atoms with Crippen molar-refractivity contribution in [2.75, 3.05) is 13.2 Å². The van der Waals surface area contributed by atoms with Gasteiger partial charge in [0.05, 0.1) is 0 Å². The van der Waals surface area contributed by atoms with Crippen LogP contribution in [0, 0.1) is 6.92 Å². The predicted octanol–water partition coefficient (Wildman–Crippen LogP) is 0.659. The average molecular weight is 254 g/mol. The second-order valence-electron chi connectivity index (χ2n) is 4.04. The highest BCUT2D eigenvalue weighted by Gasteiger charge is 2.13. The Hall–Kier alpha value is -1.59. The smallest absolute Gasteiger partial charge is 0.334 e. The monoisotopic (exact) mass is 254 g/mol. The summed E-state index contributed by atoms with van der Waals surface area (Å²) in [7, 11) is 0. The molecule has 0 aliphatic heterocycles. The molecule has 0 saturated heterocycles. The molecule has 1 aromatic rings. The van der Waals surface area contributed by atoms with E-state index in [-0.39, 0.29) is 13.2 Å². The third-order valence-electron chi connectivity index (χ3n) is 2.28. The summed E-state index contributed by atoms with van der Waals surface area (Å²) in [6.07, 6.45) is -2.11. The van der Waals surface area contributed by atoms with Crippen LogP contribution >= 0.6 is 0 Å². The molecule has 0 bridgehead atoms. The van der Waals surface area contributed by atoms with E-state index in [0.29, 0.717) is 5.75 Å². The van der Waals surface area contributed by atoms with Gasteiger partial charge in [0, 0.05) is 0 Å². The fourth-order valence-electron chi connectivity index (χ4n) is 1.25. The van der Waals surface area contributed by atoms with Crippen LogP contribution in [0.3, 0.4) is 0 Å². The van der Waals surface area contributed by atoms with Gasteiger partial charge < -0.3 is 19.7 Å². The largest absolute Gasteiger partial charge is 0.490 e. The normalized spacial score (nSPS) is 13.8. The summed E-state index contributed by atoms with van der Waals surface area (Å²) in [5.41, 5.74) is 0.964. The standard InChI is InChI=1S/C13H18O5/c1-9-5-3-4-6-12(9)17-7-11(15)8-18-13(16)10(2)14/h3-6,10-11,14-15H,7-8H2,1-2H3. The number of para-hydroxylation sites is 1. The number of hydrogen-bond donors (Lipinski definition) is 2. The molecule has 5 heteroatoms. The van der Waals surface area contributed by atoms with Crippen LogP contribution in [0.15, 0.2) is 24.3 Å². The maximum Gasteiger partial charge on any atom is 0.334 e. The minimum atomic E-state index is -1.19. The van der Waals surface area contributed by atoms with Crippen molar-refractivity contribution >= 4 is 5.97 Å². The van der Waals surface area contributed by atoms with Crippen LogP contribution in [-0.2, 0) is 9.53 Å². The summed E-state index contributed by atoms with van der Waals surface area (Å²) in [5, 5.41) is 18.4. The number of aliphatic hydroxyl groups excluding tert-OH is 2. The van der Waals surface area contributed by atoms with Crippen LogP contribution in [-0.4, -0.2) is 41.6 Å². The van der Waals surface area contributed by atoms with E-state index in [9.17, 15) is 9.90 Å². The fourth-order valence-corrected chi connectivity index (χ4v) is 1.25. The molecule has 0 aliphatic carbocycles. The number of ether oxygens (including phenoxy) is 2. The lowest BCUT2D eigenvalue weighted by molar-refractivity contribution is -0.155. The van der Waals surface area contributed by atoms with Gasteiger partial charge in [-0.15, -0.1) is 0 Å². The quantitative estimate of drug-likeness (QED) is 0.729. The zero-order valence-corrected chi connectivity index (χ0v) is 10.5. The highest BCUT2D eigenvalue weighted by atomic mass is 16.6. The van der Waals surface area contributed by atoms with Gasteiger partial charge in [-0.05, 0) is 25.5 Å². The van der Waals surface area contributed by atoms with E-state index in [1.165, 1.54) is 6.92 Å². The van der Waals surface area contributed by atoms with E-state index in [1.807, 2.05) is 25.1 Å². The van der Waals surface area contributed by atoms with E-state index in [4.69, 9.17) is 9.84 Å². The zero-order valence-electron chi connectivity index (χ0n) is 10.5. The number of aliphatic hydroxyl groups is 2. The summed E-state index contributed by atoms with van der Waals surface area (Å²) in [6.45, 7) is 3.03. The lowest BCUT2D eigenvalue weighted by atomic mass is 10.2. The highest BCUT2D eigenvalue weighted by molar-refractivity contribution is 5.73. The Morgan fingerprint density at radius 2 is 1.94 bits per heavy atom. The maximum absolute atomic E-state index is 11.0. The Labute approximate surface area is 106 Å². The van der Waals surface area contributed by atoms with Gasteiger partial charge in [-0.1, -0.05) is 18.2 Å². The molecule has 2 atom stereocenters. The van der Waals surface area contributed by atoms with Crippen molar-refractivity contribution in [3.05, 3.63) is 29.8 Å². The fraction of sp³-hybridized carbons (Fsp3) is 0.462. The van der Waals surface area contributed by atoms with Crippen molar-refractivity contribution in [3.63, 3.8) is 0 Å². The minimum Gasteiger partial charge on any atom is -0.490 e. The summed E-state index contributed by atoms with van der Waals surface area (Å²) in [5.74, 6) is -0.0802. The van der Waals surface area contributed by atoms with Crippen LogP contribution in [0.5, 0.6) is 5.75 Å². The Morgan fingerprint density at radius 1 is 1.28 bits per heavy atom. The zero-order chi connectivity index (χ0) is 13.5. The van der Waals surface area contributed by atoms with E-state index >= 15 is 0 Å². The molecule has 18 heavy (non-hydrogen) atoms. The summed E-state index contributed by atoms with van der Waals surface area (Å²) in [6, 6.07) is 7.42. The van der Waals surface area contributed by atoms with Gasteiger partial charge >= 0.3 is 5.97 Å². The van der Waals surface area contributed by atoms with Crippen molar-refractivity contribution in [2.24, 2.45) is 0 Å². The molecular formula is C13H18O5. The molecule has 1 rings (SSSR count). The molecule has 0 aliphatic rings. The third kappa shape index (κ3) is 4.73. The van der Waals surface area contributed by atoms with Crippen molar-refractivity contribution in [3.8, 4) is 5.75 Å². The molecule has 0 heterocycles. The molecule has 0 radical (unpaired) electrons. The highest BCUT2D eigenvalue weighted by Crippen LogP contribution is 2.16. The van der Waals surface area contributed by atoms with Crippen molar-refractivity contribution in [2.45, 2.75) is 26.1 Å². The average Bonchev–Trinajstić information content (AvgIpc) is 2.34. The molecule has 5 nitrogen and oxygen atoms in total. The molecule has 0 aromatic heterocycles. The molecule has 0 saturated carbocycles. The predicted molar refractivity (Wildman–Crippen MR) is 65.3 cm³/mol. The van der Waals surface area contributed by atoms with Gasteiger partial charge in [-0.2, -0.15) is 0 Å². The second-order valence-corrected chi connectivity index (χ2v) is 4.04. The molecular weight excluding hydrogens is 236 g/mol. The van der Waals surface area contributed by atoms with E-state index in [1.54, 1.807) is 6.07 Å². The number of aryl methyl sites for hydroxylation is 1. The number of esters is 1. The van der Waals surface area contributed by atoms with Crippen molar-refractivity contribution < 1.29 is 24.5 Å². The van der Waals surface area contributed by atoms with Crippen molar-refractivity contribution in [1.29, 1.82) is 0 Å². The van der Waals surface area contributed by atoms with Crippen LogP contribution in [0.4, 0.5) is 0 Å². The van der Waals surface area contributed by atoms with E-state index in [0.717, 1.165) is 5.56 Å². The summed E-state index contributed by atoms with van der Waals surface area (Å²) >= 11 is 0. The van der Waals surface area contributed by atoms with Gasteiger partial charge in [0.2, 0.25) is 0 Å². The third-order valence-corrected chi connectivity index (χ3v) is 2.28. The Morgan fingerprint density at radius 3 is 2.56 bits per heavy atom. The molecule has 2 N–H and O–H groups in total. The first-order valence-corrected chi connectivity index (χ1v) is 5.72. The van der Waals surface area contributed by atoms with Crippen molar-refractivity contribution in [1.82, 2.24) is 0 Å². The van der Waals surface area contributed by atoms with Gasteiger partial charge in [0.1, 0.15) is 31.2 Å². The first-order chi connectivity index (χ1) is 8.50. The Kier molecular flexibility index (Phi) is 5.61. The number of hydrogen-bond acceptors (Lipinski definition) is 5. The number of carbonyl (C=O) groups excluding carboxylic acids is 1. The molecule has 0 fully saturated rings. The lowest BCUT2D eigenvalue weighted by Gasteiger charge is -2.14. The number of benzene rings is 1. The molecule has 2 unspecified atom stereocenters. The topological polar surface area (TPSA) is 76.0 Å². The number of rotatable bonds is 6. The lowest BCUT2D eigenvalue weighted by Crippen LogP contribution is -2.28. The Balaban J connectivity index is 2.31. The molecule has 0 amide bonds. The van der Waals surface area contributed by atoms with Gasteiger partial charge in [-0.3, -0.25) is 0 Å². The van der Waals surface area contributed by atoms with Gasteiger partial charge in [0.15, 0.2) is 0 Å². The number of carbonyl (C=O) groups is 1. The summed E-state index contributed by atoms with van der Waals surface area (Å²) < 4.78 is 10.1. The summed E-state index contributed by atoms with van der Waals surface area (Å²) in [4.78, 5) is 11.0. The maximum atomic E-state index is 11.0. The SMILES string of the molecule is Cc1ccccc1OCC(O)COC(=O)C(C)O. The Bertz CT molecular complexity index is 389. The molecule has 0 spiro atoms. The minimum absolute atomic E-state index is 0.0257. The van der Waals surface area contributed by atoms with Crippen LogP contribution in [0.25, 0.3) is 0 Å². The molecule has 100 valence electrons. The van der Waals surface area contributed by atoms with Gasteiger partial charge in [-0.25, -0.2) is 4.79 Å².